The summed E-state index contributed by atoms with van der Waals surface area (Å²) in [6, 6.07) is 0. The van der Waals surface area contributed by atoms with Crippen molar-refractivity contribution in [3.05, 3.63) is 11.2 Å². The van der Waals surface area contributed by atoms with Crippen LogP contribution in [-0.2, 0) is 0 Å². The van der Waals surface area contributed by atoms with Crippen molar-refractivity contribution in [2.45, 2.75) is 13.0 Å². The van der Waals surface area contributed by atoms with E-state index in [1.807, 2.05) is 0 Å². The first-order chi connectivity index (χ1) is 3.13. The molecule has 0 aromatic rings. The van der Waals surface area contributed by atoms with Crippen LogP contribution in [0.5, 0.6) is 0 Å². The van der Waals surface area contributed by atoms with Gasteiger partial charge in [-0.3, -0.25) is 0 Å². The number of nitrogens with two attached hydrogens (primary N) is 1. The van der Waals surface area contributed by atoms with Gasteiger partial charge in [-0.1, -0.05) is 11.6 Å². The van der Waals surface area contributed by atoms with Crippen LogP contribution in [0.4, 0.5) is 0 Å². The predicted octanol–water partition coefficient (Wildman–Crippen LogP) is 0.406. The van der Waals surface area contributed by atoms with Crippen molar-refractivity contribution in [3.63, 3.8) is 0 Å². The van der Waals surface area contributed by atoms with Crippen molar-refractivity contribution in [1.82, 2.24) is 0 Å². The van der Waals surface area contributed by atoms with Gasteiger partial charge < -0.3 is 10.8 Å². The van der Waals surface area contributed by atoms with Crippen LogP contribution < -0.4 is 5.73 Å². The SMILES string of the molecule is CC(O)/C=C(/N)Cl. The molecule has 42 valence electrons. The Morgan fingerprint density at radius 2 is 2.43 bits per heavy atom. The van der Waals surface area contributed by atoms with E-state index >= 15 is 0 Å². The highest BCUT2D eigenvalue weighted by Crippen LogP contribution is 1.91. The Labute approximate surface area is 47.6 Å². The number of rotatable bonds is 1. The van der Waals surface area contributed by atoms with Crippen molar-refractivity contribution in [2.24, 2.45) is 5.73 Å². The molecule has 0 spiro atoms. The van der Waals surface area contributed by atoms with Gasteiger partial charge in [-0.2, -0.15) is 0 Å². The standard InChI is InChI=1S/C4H8ClNO/c1-3(7)2-4(5)6/h2-3,7H,6H2,1H3/b4-2+. The van der Waals surface area contributed by atoms with E-state index in [4.69, 9.17) is 22.4 Å². The van der Waals surface area contributed by atoms with E-state index in [2.05, 4.69) is 0 Å². The quantitative estimate of drug-likeness (QED) is 0.494. The van der Waals surface area contributed by atoms with Gasteiger partial charge in [0.15, 0.2) is 0 Å². The average Bonchev–Trinajstić information content (AvgIpc) is 1.27. The first-order valence-electron chi connectivity index (χ1n) is 1.94. The molecule has 0 radical (unpaired) electrons. The molecule has 3 N–H and O–H groups in total. The zero-order valence-electron chi connectivity index (χ0n) is 4.06. The maximum absolute atomic E-state index is 8.48. The lowest BCUT2D eigenvalue weighted by Gasteiger charge is -1.91. The third kappa shape index (κ3) is 5.79. The second-order valence-corrected chi connectivity index (χ2v) is 1.73. The molecular weight excluding hydrogens is 114 g/mol. The van der Waals surface area contributed by atoms with Gasteiger partial charge in [0.1, 0.15) is 0 Å². The van der Waals surface area contributed by atoms with Gasteiger partial charge in [-0.25, -0.2) is 0 Å². The number of hydrogen-bond acceptors (Lipinski definition) is 2. The summed E-state index contributed by atoms with van der Waals surface area (Å²) < 4.78 is 0. The molecule has 0 bridgehead atoms. The molecule has 0 saturated carbocycles. The largest absolute Gasteiger partial charge is 0.390 e. The molecule has 0 heterocycles. The minimum absolute atomic E-state index is 0.134. The van der Waals surface area contributed by atoms with Crippen LogP contribution in [0.1, 0.15) is 6.92 Å². The van der Waals surface area contributed by atoms with Crippen molar-refractivity contribution in [2.75, 3.05) is 0 Å². The van der Waals surface area contributed by atoms with Gasteiger partial charge in [0.05, 0.1) is 11.3 Å². The maximum atomic E-state index is 8.48. The molecule has 0 aliphatic rings. The number of halogens is 1. The Hall–Kier alpha value is -0.210. The van der Waals surface area contributed by atoms with E-state index in [0.717, 1.165) is 0 Å². The van der Waals surface area contributed by atoms with Crippen LogP contribution in [0.15, 0.2) is 11.2 Å². The number of aliphatic hydroxyl groups is 1. The van der Waals surface area contributed by atoms with E-state index in [9.17, 15) is 0 Å². The lowest BCUT2D eigenvalue weighted by atomic mass is 10.4. The monoisotopic (exact) mass is 121 g/mol. The Morgan fingerprint density at radius 1 is 2.00 bits per heavy atom. The van der Waals surface area contributed by atoms with Crippen molar-refractivity contribution >= 4 is 11.6 Å². The summed E-state index contributed by atoms with van der Waals surface area (Å²) in [5.74, 6) is 0. The smallest absolute Gasteiger partial charge is 0.0977 e. The molecule has 1 atom stereocenters. The van der Waals surface area contributed by atoms with Gasteiger partial charge in [-0.05, 0) is 13.0 Å². The summed E-state index contributed by atoms with van der Waals surface area (Å²) in [6.07, 6.45) is 0.805. The van der Waals surface area contributed by atoms with Crippen LogP contribution in [0, 0.1) is 0 Å². The highest BCUT2D eigenvalue weighted by Gasteiger charge is 1.86. The minimum atomic E-state index is -0.544. The second kappa shape index (κ2) is 2.88. The Bertz CT molecular complexity index is 75.8. The van der Waals surface area contributed by atoms with Crippen LogP contribution >= 0.6 is 11.6 Å². The van der Waals surface area contributed by atoms with Crippen LogP contribution in [0.3, 0.4) is 0 Å². The van der Waals surface area contributed by atoms with E-state index in [1.54, 1.807) is 6.92 Å². The Morgan fingerprint density at radius 3 is 2.43 bits per heavy atom. The van der Waals surface area contributed by atoms with Crippen LogP contribution in [0.2, 0.25) is 0 Å². The van der Waals surface area contributed by atoms with Gasteiger partial charge in [-0.15, -0.1) is 0 Å². The highest BCUT2D eigenvalue weighted by molar-refractivity contribution is 6.28. The molecule has 0 saturated heterocycles. The molecular formula is C4H8ClNO. The molecule has 0 aliphatic heterocycles. The zero-order valence-corrected chi connectivity index (χ0v) is 4.81. The summed E-state index contributed by atoms with van der Waals surface area (Å²) in [7, 11) is 0. The third-order valence-corrected chi connectivity index (χ3v) is 0.526. The predicted molar refractivity (Wildman–Crippen MR) is 29.8 cm³/mol. The highest BCUT2D eigenvalue weighted by atomic mass is 35.5. The Balaban J connectivity index is 3.45. The van der Waals surface area contributed by atoms with Crippen molar-refractivity contribution in [3.8, 4) is 0 Å². The molecule has 1 unspecified atom stereocenters. The van der Waals surface area contributed by atoms with E-state index in [1.165, 1.54) is 6.08 Å². The zero-order chi connectivity index (χ0) is 5.86. The topological polar surface area (TPSA) is 46.2 Å². The maximum Gasteiger partial charge on any atom is 0.0977 e. The summed E-state index contributed by atoms with van der Waals surface area (Å²) in [5.41, 5.74) is 4.96. The molecule has 0 aromatic carbocycles. The van der Waals surface area contributed by atoms with Gasteiger partial charge >= 0.3 is 0 Å². The Kier molecular flexibility index (Phi) is 2.79. The lowest BCUT2D eigenvalue weighted by molar-refractivity contribution is 0.243. The van der Waals surface area contributed by atoms with Crippen molar-refractivity contribution in [1.29, 1.82) is 0 Å². The molecule has 7 heavy (non-hydrogen) atoms. The minimum Gasteiger partial charge on any atom is -0.390 e. The summed E-state index contributed by atoms with van der Waals surface area (Å²) in [5, 5.41) is 8.62. The molecule has 0 amide bonds. The summed E-state index contributed by atoms with van der Waals surface area (Å²) in [4.78, 5) is 0. The van der Waals surface area contributed by atoms with Crippen LogP contribution in [-0.4, -0.2) is 11.2 Å². The summed E-state index contributed by atoms with van der Waals surface area (Å²) in [6.45, 7) is 1.58. The molecule has 3 heteroatoms. The molecule has 0 rings (SSSR count). The van der Waals surface area contributed by atoms with Gasteiger partial charge in [0.2, 0.25) is 0 Å². The van der Waals surface area contributed by atoms with E-state index in [-0.39, 0.29) is 5.16 Å². The van der Waals surface area contributed by atoms with E-state index < -0.39 is 6.10 Å². The lowest BCUT2D eigenvalue weighted by Crippen LogP contribution is -1.97. The molecule has 2 nitrogen and oxygen atoms in total. The fraction of sp³-hybridized carbons (Fsp3) is 0.500. The fourth-order valence-electron chi connectivity index (χ4n) is 0.230. The first-order valence-corrected chi connectivity index (χ1v) is 2.31. The van der Waals surface area contributed by atoms with Crippen molar-refractivity contribution < 1.29 is 5.11 Å². The van der Waals surface area contributed by atoms with Gasteiger partial charge in [0.25, 0.3) is 0 Å². The third-order valence-electron chi connectivity index (χ3n) is 0.400. The first kappa shape index (κ1) is 6.79. The molecule has 0 aliphatic carbocycles. The number of hydrogen-bond donors (Lipinski definition) is 2. The van der Waals surface area contributed by atoms with Gasteiger partial charge in [0, 0.05) is 0 Å². The fourth-order valence-corrected chi connectivity index (χ4v) is 0.413. The molecule has 0 fully saturated rings. The average molecular weight is 122 g/mol. The second-order valence-electron chi connectivity index (χ2n) is 1.29. The van der Waals surface area contributed by atoms with E-state index in [0.29, 0.717) is 0 Å². The number of aliphatic hydroxyl groups excluding tert-OH is 1. The van der Waals surface area contributed by atoms with Crippen LogP contribution in [0.25, 0.3) is 0 Å². The molecule has 0 aromatic heterocycles. The summed E-state index contributed by atoms with van der Waals surface area (Å²) >= 11 is 5.15. The normalized spacial score (nSPS) is 16.7.